The third kappa shape index (κ3) is 4.16. The van der Waals surface area contributed by atoms with Crippen LogP contribution < -0.4 is 10.6 Å². The summed E-state index contributed by atoms with van der Waals surface area (Å²) in [6.45, 7) is 3.73. The second kappa shape index (κ2) is 5.27. The predicted octanol–water partition coefficient (Wildman–Crippen LogP) is -0.711. The number of nitrogens with zero attached hydrogens (tertiary/aromatic N) is 1. The molecule has 0 spiro atoms. The van der Waals surface area contributed by atoms with Crippen molar-refractivity contribution >= 4 is 11.9 Å². The van der Waals surface area contributed by atoms with E-state index in [2.05, 4.69) is 10.6 Å². The van der Waals surface area contributed by atoms with E-state index in [-0.39, 0.29) is 12.3 Å². The number of nitrogens with one attached hydrogen (secondary N) is 2. The van der Waals surface area contributed by atoms with Gasteiger partial charge in [-0.1, -0.05) is 0 Å². The Labute approximate surface area is 95.0 Å². The molecule has 3 N–H and O–H groups in total. The molecule has 0 saturated carbocycles. The van der Waals surface area contributed by atoms with E-state index in [0.29, 0.717) is 13.1 Å². The van der Waals surface area contributed by atoms with Gasteiger partial charge in [0, 0.05) is 33.1 Å². The summed E-state index contributed by atoms with van der Waals surface area (Å²) in [5, 5.41) is 14.2. The SMILES string of the molecule is CNC(=O)NC(=O)CCN1CCC(C)(O)C1. The van der Waals surface area contributed by atoms with E-state index in [1.54, 1.807) is 6.92 Å². The zero-order chi connectivity index (χ0) is 12.2. The fourth-order valence-corrected chi connectivity index (χ4v) is 1.74. The van der Waals surface area contributed by atoms with Crippen molar-refractivity contribution < 1.29 is 14.7 Å². The molecule has 16 heavy (non-hydrogen) atoms. The molecule has 1 atom stereocenters. The van der Waals surface area contributed by atoms with Crippen molar-refractivity contribution in [1.82, 2.24) is 15.5 Å². The number of carbonyl (C=O) groups is 2. The molecular formula is C10H19N3O3. The van der Waals surface area contributed by atoms with Gasteiger partial charge < -0.3 is 10.4 Å². The Morgan fingerprint density at radius 2 is 2.19 bits per heavy atom. The van der Waals surface area contributed by atoms with Crippen LogP contribution in [0.2, 0.25) is 0 Å². The van der Waals surface area contributed by atoms with Crippen LogP contribution in [-0.2, 0) is 4.79 Å². The lowest BCUT2D eigenvalue weighted by Crippen LogP contribution is -2.39. The molecule has 1 aliphatic heterocycles. The quantitative estimate of drug-likeness (QED) is 0.597. The molecule has 6 nitrogen and oxygen atoms in total. The second-order valence-corrected chi connectivity index (χ2v) is 4.40. The topological polar surface area (TPSA) is 81.7 Å². The summed E-state index contributed by atoms with van der Waals surface area (Å²) in [6.07, 6.45) is 0.994. The first-order valence-electron chi connectivity index (χ1n) is 5.39. The summed E-state index contributed by atoms with van der Waals surface area (Å²) >= 11 is 0. The van der Waals surface area contributed by atoms with Gasteiger partial charge in [-0.2, -0.15) is 0 Å². The van der Waals surface area contributed by atoms with Gasteiger partial charge in [0.25, 0.3) is 0 Å². The molecule has 0 aromatic rings. The Kier molecular flexibility index (Phi) is 4.26. The molecule has 1 heterocycles. The van der Waals surface area contributed by atoms with Gasteiger partial charge >= 0.3 is 6.03 Å². The molecule has 1 saturated heterocycles. The molecule has 0 aromatic carbocycles. The van der Waals surface area contributed by atoms with Crippen LogP contribution in [0.1, 0.15) is 19.8 Å². The zero-order valence-corrected chi connectivity index (χ0v) is 9.75. The maximum atomic E-state index is 11.3. The molecular weight excluding hydrogens is 210 g/mol. The van der Waals surface area contributed by atoms with Crippen molar-refractivity contribution in [1.29, 1.82) is 0 Å². The first-order valence-corrected chi connectivity index (χ1v) is 5.39. The molecule has 1 fully saturated rings. The molecule has 0 aromatic heterocycles. The Morgan fingerprint density at radius 1 is 1.50 bits per heavy atom. The van der Waals surface area contributed by atoms with Crippen LogP contribution in [-0.4, -0.2) is 54.2 Å². The van der Waals surface area contributed by atoms with Gasteiger partial charge in [0.1, 0.15) is 0 Å². The number of carbonyl (C=O) groups excluding carboxylic acids is 2. The van der Waals surface area contributed by atoms with Gasteiger partial charge in [0.2, 0.25) is 5.91 Å². The number of imide groups is 1. The van der Waals surface area contributed by atoms with Crippen LogP contribution >= 0.6 is 0 Å². The Hall–Kier alpha value is -1.14. The summed E-state index contributed by atoms with van der Waals surface area (Å²) in [4.78, 5) is 24.1. The highest BCUT2D eigenvalue weighted by molar-refractivity contribution is 5.94. The van der Waals surface area contributed by atoms with Gasteiger partial charge in [-0.25, -0.2) is 4.79 Å². The molecule has 1 aliphatic rings. The van der Waals surface area contributed by atoms with Crippen molar-refractivity contribution in [3.63, 3.8) is 0 Å². The zero-order valence-electron chi connectivity index (χ0n) is 9.75. The smallest absolute Gasteiger partial charge is 0.321 e. The summed E-state index contributed by atoms with van der Waals surface area (Å²) in [5.41, 5.74) is -0.642. The highest BCUT2D eigenvalue weighted by Crippen LogP contribution is 2.19. The van der Waals surface area contributed by atoms with Gasteiger partial charge in [0.15, 0.2) is 0 Å². The average Bonchev–Trinajstić information content (AvgIpc) is 2.55. The number of likely N-dealkylation sites (tertiary alicyclic amines) is 1. The largest absolute Gasteiger partial charge is 0.389 e. The van der Waals surface area contributed by atoms with Crippen LogP contribution in [0.5, 0.6) is 0 Å². The minimum absolute atomic E-state index is 0.267. The van der Waals surface area contributed by atoms with E-state index >= 15 is 0 Å². The molecule has 1 unspecified atom stereocenters. The first-order chi connectivity index (χ1) is 7.43. The van der Waals surface area contributed by atoms with E-state index < -0.39 is 11.6 Å². The molecule has 0 radical (unpaired) electrons. The van der Waals surface area contributed by atoms with Crippen LogP contribution in [0, 0.1) is 0 Å². The van der Waals surface area contributed by atoms with Crippen molar-refractivity contribution in [2.24, 2.45) is 0 Å². The van der Waals surface area contributed by atoms with Gasteiger partial charge in [-0.05, 0) is 13.3 Å². The highest BCUT2D eigenvalue weighted by atomic mass is 16.3. The Bertz CT molecular complexity index is 278. The van der Waals surface area contributed by atoms with Crippen LogP contribution in [0.4, 0.5) is 4.79 Å². The van der Waals surface area contributed by atoms with Gasteiger partial charge in [-0.15, -0.1) is 0 Å². The summed E-state index contributed by atoms with van der Waals surface area (Å²) in [7, 11) is 1.46. The number of hydrogen-bond acceptors (Lipinski definition) is 4. The van der Waals surface area contributed by atoms with Crippen molar-refractivity contribution in [2.75, 3.05) is 26.7 Å². The number of amides is 3. The Balaban J connectivity index is 2.20. The third-order valence-electron chi connectivity index (χ3n) is 2.67. The van der Waals surface area contributed by atoms with E-state index in [1.165, 1.54) is 7.05 Å². The normalized spacial score (nSPS) is 25.4. The molecule has 92 valence electrons. The standard InChI is InChI=1S/C10H19N3O3/c1-10(16)4-6-13(7-10)5-3-8(14)12-9(15)11-2/h16H,3-7H2,1-2H3,(H2,11,12,14,15). The molecule has 0 bridgehead atoms. The lowest BCUT2D eigenvalue weighted by atomic mass is 10.1. The van der Waals surface area contributed by atoms with E-state index in [0.717, 1.165) is 13.0 Å². The lowest BCUT2D eigenvalue weighted by molar-refractivity contribution is -0.120. The summed E-state index contributed by atoms with van der Waals surface area (Å²) in [5.74, 6) is -0.300. The fraction of sp³-hybridized carbons (Fsp3) is 0.800. The number of aliphatic hydroxyl groups is 1. The number of rotatable bonds is 3. The fourth-order valence-electron chi connectivity index (χ4n) is 1.74. The van der Waals surface area contributed by atoms with E-state index in [9.17, 15) is 14.7 Å². The van der Waals surface area contributed by atoms with E-state index in [4.69, 9.17) is 0 Å². The van der Waals surface area contributed by atoms with Crippen molar-refractivity contribution in [3.8, 4) is 0 Å². The molecule has 3 amide bonds. The second-order valence-electron chi connectivity index (χ2n) is 4.40. The molecule has 6 heteroatoms. The minimum Gasteiger partial charge on any atom is -0.389 e. The number of β-amino-alcohol motifs (C(OH)–C–C–N with tert-alkyl or cyclic N) is 1. The first kappa shape index (κ1) is 12.9. The summed E-state index contributed by atoms with van der Waals surface area (Å²) < 4.78 is 0. The summed E-state index contributed by atoms with van der Waals surface area (Å²) in [6, 6.07) is -0.488. The third-order valence-corrected chi connectivity index (χ3v) is 2.67. The maximum Gasteiger partial charge on any atom is 0.321 e. The maximum absolute atomic E-state index is 11.3. The molecule has 0 aliphatic carbocycles. The van der Waals surface area contributed by atoms with Crippen LogP contribution in [0.25, 0.3) is 0 Å². The number of urea groups is 1. The van der Waals surface area contributed by atoms with Crippen molar-refractivity contribution in [3.05, 3.63) is 0 Å². The lowest BCUT2D eigenvalue weighted by Gasteiger charge is -2.18. The molecule has 1 rings (SSSR count). The highest BCUT2D eigenvalue weighted by Gasteiger charge is 2.31. The van der Waals surface area contributed by atoms with E-state index in [1.807, 2.05) is 4.90 Å². The van der Waals surface area contributed by atoms with Crippen LogP contribution in [0.15, 0.2) is 0 Å². The van der Waals surface area contributed by atoms with Crippen molar-refractivity contribution in [2.45, 2.75) is 25.4 Å². The number of hydrogen-bond donors (Lipinski definition) is 3. The Morgan fingerprint density at radius 3 is 2.69 bits per heavy atom. The minimum atomic E-state index is -0.642. The average molecular weight is 229 g/mol. The van der Waals surface area contributed by atoms with Crippen LogP contribution in [0.3, 0.4) is 0 Å². The predicted molar refractivity (Wildman–Crippen MR) is 58.9 cm³/mol. The van der Waals surface area contributed by atoms with Gasteiger partial charge in [-0.3, -0.25) is 15.0 Å². The van der Waals surface area contributed by atoms with Gasteiger partial charge in [0.05, 0.1) is 5.60 Å². The monoisotopic (exact) mass is 229 g/mol.